The van der Waals surface area contributed by atoms with Gasteiger partial charge >= 0.3 is 0 Å². The van der Waals surface area contributed by atoms with Crippen molar-refractivity contribution in [3.05, 3.63) is 29.8 Å². The van der Waals surface area contributed by atoms with Gasteiger partial charge in [-0.25, -0.2) is 0 Å². The van der Waals surface area contributed by atoms with E-state index in [2.05, 4.69) is 29.2 Å². The minimum atomic E-state index is 0.272. The third-order valence-corrected chi connectivity index (χ3v) is 4.93. The molecule has 1 saturated carbocycles. The molecule has 1 aromatic rings. The first kappa shape index (κ1) is 14.4. The zero-order chi connectivity index (χ0) is 14.7. The monoisotopic (exact) mass is 286 g/mol. The van der Waals surface area contributed by atoms with Crippen LogP contribution < -0.4 is 4.90 Å². The van der Waals surface area contributed by atoms with E-state index in [1.807, 2.05) is 11.9 Å². The standard InChI is InChI=1S/C18H26N2O/c1-19(18(21)15-8-2-3-9-15)14-16-10-4-5-11-17(16)20-12-6-7-13-20/h4-5,10-11,15H,2-3,6-9,12-14H2,1H3. The van der Waals surface area contributed by atoms with E-state index < -0.39 is 0 Å². The van der Waals surface area contributed by atoms with Crippen LogP contribution >= 0.6 is 0 Å². The highest BCUT2D eigenvalue weighted by molar-refractivity contribution is 5.79. The SMILES string of the molecule is CN(Cc1ccccc1N1CCCC1)C(=O)C1CCCC1. The van der Waals surface area contributed by atoms with E-state index >= 15 is 0 Å². The summed E-state index contributed by atoms with van der Waals surface area (Å²) in [5, 5.41) is 0. The predicted molar refractivity (Wildman–Crippen MR) is 86.3 cm³/mol. The van der Waals surface area contributed by atoms with E-state index in [0.29, 0.717) is 5.91 Å². The molecule has 2 fully saturated rings. The fourth-order valence-electron chi connectivity index (χ4n) is 3.73. The minimum absolute atomic E-state index is 0.272. The summed E-state index contributed by atoms with van der Waals surface area (Å²) in [4.78, 5) is 16.9. The summed E-state index contributed by atoms with van der Waals surface area (Å²) >= 11 is 0. The van der Waals surface area contributed by atoms with E-state index in [1.165, 1.54) is 36.9 Å². The third-order valence-electron chi connectivity index (χ3n) is 4.93. The largest absolute Gasteiger partial charge is 0.371 e. The van der Waals surface area contributed by atoms with Crippen molar-refractivity contribution in [3.8, 4) is 0 Å². The van der Waals surface area contributed by atoms with Crippen molar-refractivity contribution < 1.29 is 4.79 Å². The lowest BCUT2D eigenvalue weighted by atomic mass is 10.1. The molecule has 2 aliphatic rings. The van der Waals surface area contributed by atoms with Gasteiger partial charge in [0.25, 0.3) is 0 Å². The molecule has 1 aromatic carbocycles. The fraction of sp³-hybridized carbons (Fsp3) is 0.611. The Bertz CT molecular complexity index is 488. The van der Waals surface area contributed by atoms with Crippen LogP contribution in [0.25, 0.3) is 0 Å². The summed E-state index contributed by atoms with van der Waals surface area (Å²) in [5.41, 5.74) is 2.61. The molecule has 0 radical (unpaired) electrons. The minimum Gasteiger partial charge on any atom is -0.371 e. The van der Waals surface area contributed by atoms with Crippen LogP contribution in [0, 0.1) is 5.92 Å². The van der Waals surface area contributed by atoms with Gasteiger partial charge in [-0.3, -0.25) is 4.79 Å². The van der Waals surface area contributed by atoms with Gasteiger partial charge in [0.05, 0.1) is 0 Å². The first-order valence-corrected chi connectivity index (χ1v) is 8.33. The summed E-state index contributed by atoms with van der Waals surface area (Å²) in [7, 11) is 1.96. The van der Waals surface area contributed by atoms with Crippen LogP contribution in [0.5, 0.6) is 0 Å². The molecular formula is C18H26N2O. The Hall–Kier alpha value is -1.51. The highest BCUT2D eigenvalue weighted by Gasteiger charge is 2.26. The molecule has 0 aromatic heterocycles. The van der Waals surface area contributed by atoms with Crippen molar-refractivity contribution in [2.24, 2.45) is 5.92 Å². The number of para-hydroxylation sites is 1. The van der Waals surface area contributed by atoms with Gasteiger partial charge in [0.15, 0.2) is 0 Å². The third kappa shape index (κ3) is 3.22. The maximum absolute atomic E-state index is 12.5. The number of benzene rings is 1. The topological polar surface area (TPSA) is 23.6 Å². The second-order valence-electron chi connectivity index (χ2n) is 6.50. The van der Waals surface area contributed by atoms with Gasteiger partial charge in [-0.2, -0.15) is 0 Å². The molecule has 0 N–H and O–H groups in total. The summed E-state index contributed by atoms with van der Waals surface area (Å²) in [6, 6.07) is 8.57. The normalized spacial score (nSPS) is 19.2. The Balaban J connectivity index is 1.70. The number of anilines is 1. The molecule has 1 aliphatic heterocycles. The Morgan fingerprint density at radius 3 is 2.52 bits per heavy atom. The Labute approximate surface area is 127 Å². The lowest BCUT2D eigenvalue weighted by molar-refractivity contribution is -0.134. The predicted octanol–water partition coefficient (Wildman–Crippen LogP) is 3.44. The van der Waals surface area contributed by atoms with E-state index in [-0.39, 0.29) is 5.92 Å². The molecular weight excluding hydrogens is 260 g/mol. The molecule has 1 saturated heterocycles. The van der Waals surface area contributed by atoms with Crippen LogP contribution in [-0.2, 0) is 11.3 Å². The molecule has 1 amide bonds. The van der Waals surface area contributed by atoms with E-state index in [0.717, 1.165) is 32.5 Å². The van der Waals surface area contributed by atoms with Crippen molar-refractivity contribution in [2.45, 2.75) is 45.1 Å². The van der Waals surface area contributed by atoms with Crippen molar-refractivity contribution in [2.75, 3.05) is 25.0 Å². The van der Waals surface area contributed by atoms with E-state index in [9.17, 15) is 4.79 Å². The maximum atomic E-state index is 12.5. The number of hydrogen-bond donors (Lipinski definition) is 0. The Kier molecular flexibility index (Phi) is 4.47. The van der Waals surface area contributed by atoms with E-state index in [4.69, 9.17) is 0 Å². The zero-order valence-electron chi connectivity index (χ0n) is 13.1. The number of carbonyl (C=O) groups excluding carboxylic acids is 1. The van der Waals surface area contributed by atoms with Crippen LogP contribution in [0.3, 0.4) is 0 Å². The highest BCUT2D eigenvalue weighted by Crippen LogP contribution is 2.29. The van der Waals surface area contributed by atoms with Crippen molar-refractivity contribution >= 4 is 11.6 Å². The summed E-state index contributed by atoms with van der Waals surface area (Å²) in [5.74, 6) is 0.609. The molecule has 0 bridgehead atoms. The molecule has 21 heavy (non-hydrogen) atoms. The molecule has 1 aliphatic carbocycles. The second-order valence-corrected chi connectivity index (χ2v) is 6.50. The molecule has 0 spiro atoms. The van der Waals surface area contributed by atoms with Gasteiger partial charge in [-0.05, 0) is 37.3 Å². The van der Waals surface area contributed by atoms with Gasteiger partial charge in [-0.15, -0.1) is 0 Å². The number of nitrogens with zero attached hydrogens (tertiary/aromatic N) is 2. The van der Waals surface area contributed by atoms with Crippen LogP contribution in [0.15, 0.2) is 24.3 Å². The van der Waals surface area contributed by atoms with Gasteiger partial charge in [-0.1, -0.05) is 31.0 Å². The van der Waals surface area contributed by atoms with E-state index in [1.54, 1.807) is 0 Å². The average Bonchev–Trinajstić information content (AvgIpc) is 3.20. The highest BCUT2D eigenvalue weighted by atomic mass is 16.2. The van der Waals surface area contributed by atoms with Crippen molar-refractivity contribution in [1.29, 1.82) is 0 Å². The number of hydrogen-bond acceptors (Lipinski definition) is 2. The van der Waals surface area contributed by atoms with Gasteiger partial charge in [0, 0.05) is 38.3 Å². The smallest absolute Gasteiger partial charge is 0.225 e. The van der Waals surface area contributed by atoms with Crippen LogP contribution in [0.2, 0.25) is 0 Å². The average molecular weight is 286 g/mol. The second kappa shape index (κ2) is 6.50. The molecule has 114 valence electrons. The van der Waals surface area contributed by atoms with Crippen LogP contribution in [0.1, 0.15) is 44.1 Å². The first-order chi connectivity index (χ1) is 10.3. The van der Waals surface area contributed by atoms with Gasteiger partial charge in [0.2, 0.25) is 5.91 Å². The van der Waals surface area contributed by atoms with Gasteiger partial charge in [0.1, 0.15) is 0 Å². The summed E-state index contributed by atoms with van der Waals surface area (Å²) in [6.07, 6.45) is 7.16. The molecule has 0 atom stereocenters. The zero-order valence-corrected chi connectivity index (χ0v) is 13.1. The van der Waals surface area contributed by atoms with Crippen LogP contribution in [0.4, 0.5) is 5.69 Å². The molecule has 3 nitrogen and oxygen atoms in total. The first-order valence-electron chi connectivity index (χ1n) is 8.33. The summed E-state index contributed by atoms with van der Waals surface area (Å²) < 4.78 is 0. The molecule has 3 rings (SSSR count). The quantitative estimate of drug-likeness (QED) is 0.846. The van der Waals surface area contributed by atoms with Crippen molar-refractivity contribution in [1.82, 2.24) is 4.90 Å². The molecule has 1 heterocycles. The lowest BCUT2D eigenvalue weighted by Gasteiger charge is -2.26. The number of amides is 1. The Morgan fingerprint density at radius 1 is 1.14 bits per heavy atom. The number of carbonyl (C=O) groups is 1. The maximum Gasteiger partial charge on any atom is 0.225 e. The van der Waals surface area contributed by atoms with Crippen molar-refractivity contribution in [3.63, 3.8) is 0 Å². The Morgan fingerprint density at radius 2 is 1.81 bits per heavy atom. The fourth-order valence-corrected chi connectivity index (χ4v) is 3.73. The van der Waals surface area contributed by atoms with Crippen LogP contribution in [-0.4, -0.2) is 30.9 Å². The number of rotatable bonds is 4. The molecule has 0 unspecified atom stereocenters. The summed E-state index contributed by atoms with van der Waals surface area (Å²) in [6.45, 7) is 3.04. The lowest BCUT2D eigenvalue weighted by Crippen LogP contribution is -2.32. The van der Waals surface area contributed by atoms with Gasteiger partial charge < -0.3 is 9.80 Å². The molecule has 3 heteroatoms.